The Morgan fingerprint density at radius 3 is 2.41 bits per heavy atom. The van der Waals surface area contributed by atoms with E-state index in [2.05, 4.69) is 4.98 Å². The van der Waals surface area contributed by atoms with E-state index in [0.717, 1.165) is 15.4 Å². The van der Waals surface area contributed by atoms with Gasteiger partial charge in [-0.1, -0.05) is 11.8 Å². The quantitative estimate of drug-likeness (QED) is 0.782. The van der Waals surface area contributed by atoms with Crippen molar-refractivity contribution >= 4 is 41.4 Å². The van der Waals surface area contributed by atoms with Crippen molar-refractivity contribution < 1.29 is 14.1 Å². The summed E-state index contributed by atoms with van der Waals surface area (Å²) in [6.07, 6.45) is 3.83. The standard InChI is InChI=1S/C15H22BNO3S2/c1-10-8-17-13(22-10)7-12(9-21-11(2)18)16-19-14(3,4)15(5,6)20-16/h7-8H,9H2,1-6H3. The van der Waals surface area contributed by atoms with Crippen LogP contribution in [0.25, 0.3) is 6.08 Å². The highest BCUT2D eigenvalue weighted by Gasteiger charge is 2.52. The third-order valence-electron chi connectivity index (χ3n) is 3.95. The van der Waals surface area contributed by atoms with Crippen molar-refractivity contribution in [3.8, 4) is 0 Å². The van der Waals surface area contributed by atoms with Crippen LogP contribution in [0.3, 0.4) is 0 Å². The third-order valence-corrected chi connectivity index (χ3v) is 5.69. The normalized spacial score (nSPS) is 20.5. The molecule has 0 spiro atoms. The Morgan fingerprint density at radius 1 is 1.36 bits per heavy atom. The van der Waals surface area contributed by atoms with Crippen molar-refractivity contribution in [1.82, 2.24) is 4.98 Å². The molecule has 0 radical (unpaired) electrons. The number of aryl methyl sites for hydroxylation is 1. The zero-order valence-corrected chi connectivity index (χ0v) is 15.6. The van der Waals surface area contributed by atoms with E-state index in [9.17, 15) is 4.79 Å². The number of hydrogen-bond donors (Lipinski definition) is 0. The topological polar surface area (TPSA) is 48.4 Å². The number of rotatable bonds is 4. The van der Waals surface area contributed by atoms with Gasteiger partial charge in [0.2, 0.25) is 0 Å². The first-order valence-corrected chi connectivity index (χ1v) is 9.03. The average Bonchev–Trinajstić information content (AvgIpc) is 2.86. The Morgan fingerprint density at radius 2 is 1.95 bits per heavy atom. The van der Waals surface area contributed by atoms with Crippen LogP contribution >= 0.6 is 23.1 Å². The molecular weight excluding hydrogens is 317 g/mol. The minimum atomic E-state index is -0.443. The van der Waals surface area contributed by atoms with E-state index < -0.39 is 18.3 Å². The van der Waals surface area contributed by atoms with Crippen LogP contribution in [0.5, 0.6) is 0 Å². The molecule has 7 heteroatoms. The second kappa shape index (κ2) is 6.47. The molecule has 2 heterocycles. The molecule has 1 aliphatic rings. The van der Waals surface area contributed by atoms with E-state index in [1.807, 2.05) is 46.9 Å². The molecule has 1 aromatic rings. The van der Waals surface area contributed by atoms with Gasteiger partial charge in [-0.2, -0.15) is 0 Å². The molecule has 0 aromatic carbocycles. The SMILES string of the molecule is CC(=O)SCC(=Cc1ncc(C)s1)B1OC(C)(C)C(C)(C)O1. The van der Waals surface area contributed by atoms with Crippen LogP contribution < -0.4 is 0 Å². The minimum Gasteiger partial charge on any atom is -0.400 e. The van der Waals surface area contributed by atoms with Gasteiger partial charge in [0.25, 0.3) is 0 Å². The molecule has 120 valence electrons. The van der Waals surface area contributed by atoms with Crippen molar-refractivity contribution in [2.75, 3.05) is 5.75 Å². The molecule has 1 aromatic heterocycles. The summed E-state index contributed by atoms with van der Waals surface area (Å²) in [6.45, 7) is 11.7. The van der Waals surface area contributed by atoms with Gasteiger partial charge in [0.1, 0.15) is 5.01 Å². The zero-order valence-electron chi connectivity index (χ0n) is 13.9. The van der Waals surface area contributed by atoms with Gasteiger partial charge in [0.15, 0.2) is 5.12 Å². The van der Waals surface area contributed by atoms with Gasteiger partial charge in [0.05, 0.1) is 11.2 Å². The molecule has 0 atom stereocenters. The molecule has 0 saturated carbocycles. The van der Waals surface area contributed by atoms with Crippen molar-refractivity contribution in [1.29, 1.82) is 0 Å². The summed E-state index contributed by atoms with van der Waals surface area (Å²) >= 11 is 2.88. The Labute approximate surface area is 140 Å². The van der Waals surface area contributed by atoms with Gasteiger partial charge in [-0.25, -0.2) is 4.98 Å². The number of hydrogen-bond acceptors (Lipinski definition) is 6. The lowest BCUT2D eigenvalue weighted by molar-refractivity contribution is -0.109. The number of thiazole rings is 1. The molecule has 2 rings (SSSR count). The summed E-state index contributed by atoms with van der Waals surface area (Å²) in [5, 5.41) is 0.990. The van der Waals surface area contributed by atoms with Crippen molar-refractivity contribution in [3.63, 3.8) is 0 Å². The van der Waals surface area contributed by atoms with E-state index in [0.29, 0.717) is 5.75 Å². The summed E-state index contributed by atoms with van der Waals surface area (Å²) in [5.41, 5.74) is 0.153. The molecule has 4 nitrogen and oxygen atoms in total. The number of nitrogens with zero attached hydrogens (tertiary/aromatic N) is 1. The molecule has 1 aliphatic heterocycles. The fraction of sp³-hybridized carbons (Fsp3) is 0.600. The number of carbonyl (C=O) groups is 1. The highest BCUT2D eigenvalue weighted by Crippen LogP contribution is 2.39. The molecule has 1 fully saturated rings. The van der Waals surface area contributed by atoms with Crippen LogP contribution in [-0.4, -0.2) is 34.2 Å². The van der Waals surface area contributed by atoms with Crippen LogP contribution in [-0.2, 0) is 14.1 Å². The molecule has 0 unspecified atom stereocenters. The molecule has 0 amide bonds. The first-order chi connectivity index (χ1) is 10.1. The summed E-state index contributed by atoms with van der Waals surface area (Å²) in [4.78, 5) is 16.8. The predicted octanol–water partition coefficient (Wildman–Crippen LogP) is 3.75. The summed E-state index contributed by atoms with van der Waals surface area (Å²) in [6, 6.07) is 0. The monoisotopic (exact) mass is 339 g/mol. The second-order valence-electron chi connectivity index (χ2n) is 6.40. The van der Waals surface area contributed by atoms with Gasteiger partial charge < -0.3 is 9.31 Å². The van der Waals surface area contributed by atoms with E-state index in [-0.39, 0.29) is 5.12 Å². The Hall–Kier alpha value is -0.625. The van der Waals surface area contributed by atoms with Crippen LogP contribution in [0.4, 0.5) is 0 Å². The van der Waals surface area contributed by atoms with Gasteiger partial charge in [0, 0.05) is 23.8 Å². The summed E-state index contributed by atoms with van der Waals surface area (Å²) in [7, 11) is -0.443. The maximum Gasteiger partial charge on any atom is 0.491 e. The lowest BCUT2D eigenvalue weighted by Crippen LogP contribution is -2.41. The van der Waals surface area contributed by atoms with Crippen LogP contribution in [0.15, 0.2) is 11.7 Å². The van der Waals surface area contributed by atoms with E-state index in [1.54, 1.807) is 18.3 Å². The molecular formula is C15H22BNO3S2. The van der Waals surface area contributed by atoms with Gasteiger partial charge in [-0.3, -0.25) is 4.79 Å². The van der Waals surface area contributed by atoms with E-state index >= 15 is 0 Å². The smallest absolute Gasteiger partial charge is 0.400 e. The third kappa shape index (κ3) is 4.01. The van der Waals surface area contributed by atoms with Crippen LogP contribution in [0.2, 0.25) is 0 Å². The van der Waals surface area contributed by atoms with Crippen molar-refractivity contribution in [2.45, 2.75) is 52.7 Å². The van der Waals surface area contributed by atoms with Crippen LogP contribution in [0.1, 0.15) is 44.5 Å². The lowest BCUT2D eigenvalue weighted by Gasteiger charge is -2.32. The van der Waals surface area contributed by atoms with E-state index in [1.165, 1.54) is 11.8 Å². The second-order valence-corrected chi connectivity index (χ2v) is 8.82. The highest BCUT2D eigenvalue weighted by molar-refractivity contribution is 8.13. The Balaban J connectivity index is 2.25. The maximum absolute atomic E-state index is 11.3. The Kier molecular flexibility index (Phi) is 5.21. The van der Waals surface area contributed by atoms with Crippen molar-refractivity contribution in [3.05, 3.63) is 21.6 Å². The van der Waals surface area contributed by atoms with E-state index in [4.69, 9.17) is 9.31 Å². The largest absolute Gasteiger partial charge is 0.491 e. The van der Waals surface area contributed by atoms with Gasteiger partial charge in [-0.05, 0) is 46.2 Å². The molecule has 1 saturated heterocycles. The maximum atomic E-state index is 11.3. The average molecular weight is 339 g/mol. The lowest BCUT2D eigenvalue weighted by atomic mass is 9.79. The number of aromatic nitrogens is 1. The number of carbonyl (C=O) groups excluding carboxylic acids is 1. The highest BCUT2D eigenvalue weighted by atomic mass is 32.2. The summed E-state index contributed by atoms with van der Waals surface area (Å²) in [5.74, 6) is 0.546. The first kappa shape index (κ1) is 17.7. The van der Waals surface area contributed by atoms with Gasteiger partial charge in [-0.15, -0.1) is 11.3 Å². The van der Waals surface area contributed by atoms with Gasteiger partial charge >= 0.3 is 7.12 Å². The minimum absolute atomic E-state index is 0.0812. The molecule has 0 N–H and O–H groups in total. The zero-order chi connectivity index (χ0) is 16.5. The fourth-order valence-electron chi connectivity index (χ4n) is 1.95. The first-order valence-electron chi connectivity index (χ1n) is 7.22. The Bertz CT molecular complexity index is 579. The fourth-order valence-corrected chi connectivity index (χ4v) is 3.29. The molecule has 0 bridgehead atoms. The van der Waals surface area contributed by atoms with Crippen LogP contribution in [0, 0.1) is 6.92 Å². The predicted molar refractivity (Wildman–Crippen MR) is 94.0 cm³/mol. The summed E-state index contributed by atoms with van der Waals surface area (Å²) < 4.78 is 12.2. The number of thioether (sulfide) groups is 1. The molecule has 22 heavy (non-hydrogen) atoms. The van der Waals surface area contributed by atoms with Crippen molar-refractivity contribution in [2.24, 2.45) is 0 Å². The molecule has 0 aliphatic carbocycles.